The number of phenolic OH excluding ortho intramolecular Hbond substituents is 2. The summed E-state index contributed by atoms with van der Waals surface area (Å²) >= 11 is -0.299. The molecule has 0 saturated heterocycles. The molecule has 0 saturated carbocycles. The molecule has 0 aliphatic heterocycles. The van der Waals surface area contributed by atoms with Gasteiger partial charge in [-0.25, -0.2) is 4.79 Å². The first kappa shape index (κ1) is 27.7. The number of thiophene rings is 1. The summed E-state index contributed by atoms with van der Waals surface area (Å²) in [6.45, 7) is 2.24. The lowest BCUT2D eigenvalue weighted by molar-refractivity contribution is -0.384. The van der Waals surface area contributed by atoms with E-state index in [4.69, 9.17) is 4.74 Å². The summed E-state index contributed by atoms with van der Waals surface area (Å²) in [5.74, 6) is 0.235. The van der Waals surface area contributed by atoms with Crippen molar-refractivity contribution >= 4 is 40.1 Å². The minimum absolute atomic E-state index is 0.139. The maximum Gasteiger partial charge on any atom is 0.319 e. The molecule has 3 aromatic carbocycles. The molecule has 0 aliphatic carbocycles. The SMILES string of the molecule is Cc1ccc(-c2ccsc2[S+]([O-])NCCNC(=O)Nc2cccc([N+](=O)[O-])c2)c(Oc2ccc(O)c(O)c2)c1. The fraction of sp³-hybridized carbons (Fsp3) is 0.115. The summed E-state index contributed by atoms with van der Waals surface area (Å²) in [4.78, 5) is 22.5. The fourth-order valence-electron chi connectivity index (χ4n) is 3.53. The number of anilines is 1. The molecular formula is C26H24N4O7S2. The highest BCUT2D eigenvalue weighted by atomic mass is 32.2. The molecule has 0 fully saturated rings. The summed E-state index contributed by atoms with van der Waals surface area (Å²) in [5.41, 5.74) is 2.46. The molecular weight excluding hydrogens is 544 g/mol. The number of aryl methyl sites for hydroxylation is 1. The second kappa shape index (κ2) is 12.5. The number of hydrogen-bond acceptors (Lipinski definition) is 9. The van der Waals surface area contributed by atoms with Gasteiger partial charge >= 0.3 is 6.03 Å². The van der Waals surface area contributed by atoms with E-state index in [9.17, 15) is 29.7 Å². The zero-order chi connectivity index (χ0) is 27.9. The average molecular weight is 569 g/mol. The summed E-state index contributed by atoms with van der Waals surface area (Å²) in [6.07, 6.45) is 0. The third-order valence-corrected chi connectivity index (χ3v) is 7.83. The van der Waals surface area contributed by atoms with Crippen molar-refractivity contribution in [3.63, 3.8) is 0 Å². The number of carbonyl (C=O) groups excluding carboxylic acids is 1. The largest absolute Gasteiger partial charge is 0.592 e. The predicted octanol–water partition coefficient (Wildman–Crippen LogP) is 5.27. The van der Waals surface area contributed by atoms with Crippen LogP contribution in [0.3, 0.4) is 0 Å². The second-order valence-corrected chi connectivity index (χ2v) is 10.6. The van der Waals surface area contributed by atoms with Crippen molar-refractivity contribution < 1.29 is 29.2 Å². The van der Waals surface area contributed by atoms with Crippen LogP contribution < -0.4 is 20.1 Å². The van der Waals surface area contributed by atoms with Gasteiger partial charge in [-0.3, -0.25) is 10.1 Å². The summed E-state index contributed by atoms with van der Waals surface area (Å²) in [5, 5.41) is 37.2. The van der Waals surface area contributed by atoms with E-state index in [0.29, 0.717) is 26.8 Å². The maximum atomic E-state index is 13.1. The van der Waals surface area contributed by atoms with Crippen molar-refractivity contribution in [3.05, 3.63) is 87.8 Å². The molecule has 1 unspecified atom stereocenters. The van der Waals surface area contributed by atoms with Crippen molar-refractivity contribution in [1.82, 2.24) is 10.0 Å². The number of hydrogen-bond donors (Lipinski definition) is 5. The molecule has 11 nitrogen and oxygen atoms in total. The van der Waals surface area contributed by atoms with Gasteiger partial charge in [0.15, 0.2) is 11.5 Å². The standard InChI is InChI=1S/C26H24N4O7S2/c1-16-5-7-20(24(13-16)37-19-6-8-22(31)23(32)15-19)21-9-12-38-25(21)39(36)28-11-10-27-26(33)29-17-3-2-4-18(14-17)30(34)35/h2-9,12-15,28,31-32H,10-11H2,1H3,(H2,27,29,33). The monoisotopic (exact) mass is 568 g/mol. The molecule has 39 heavy (non-hydrogen) atoms. The number of nitro groups is 1. The van der Waals surface area contributed by atoms with Crippen LogP contribution in [-0.4, -0.2) is 38.8 Å². The number of aromatic hydroxyl groups is 2. The Labute approximate surface area is 230 Å². The number of carbonyl (C=O) groups is 1. The third kappa shape index (κ3) is 7.18. The van der Waals surface area contributed by atoms with Crippen LogP contribution in [0.5, 0.6) is 23.0 Å². The molecule has 13 heteroatoms. The van der Waals surface area contributed by atoms with Crippen LogP contribution in [0.1, 0.15) is 5.56 Å². The zero-order valence-electron chi connectivity index (χ0n) is 20.5. The Kier molecular flexibility index (Phi) is 8.88. The molecule has 202 valence electrons. The summed E-state index contributed by atoms with van der Waals surface area (Å²) < 4.78 is 22.5. The smallest absolute Gasteiger partial charge is 0.319 e. The molecule has 1 heterocycles. The van der Waals surface area contributed by atoms with Gasteiger partial charge in [-0.2, -0.15) is 0 Å². The number of ether oxygens (including phenoxy) is 1. The highest BCUT2D eigenvalue weighted by Crippen LogP contribution is 2.40. The Hall–Kier alpha value is -4.30. The van der Waals surface area contributed by atoms with Gasteiger partial charge in [0.1, 0.15) is 11.5 Å². The molecule has 5 N–H and O–H groups in total. The number of nitrogens with one attached hydrogen (secondary N) is 3. The van der Waals surface area contributed by atoms with Crippen LogP contribution >= 0.6 is 11.3 Å². The molecule has 1 atom stereocenters. The van der Waals surface area contributed by atoms with Crippen LogP contribution in [0.2, 0.25) is 0 Å². The van der Waals surface area contributed by atoms with Gasteiger partial charge < -0.3 is 30.1 Å². The van der Waals surface area contributed by atoms with Crippen molar-refractivity contribution in [2.45, 2.75) is 11.1 Å². The fourth-order valence-corrected chi connectivity index (χ4v) is 5.65. The molecule has 0 bridgehead atoms. The Morgan fingerprint density at radius 3 is 2.62 bits per heavy atom. The van der Waals surface area contributed by atoms with Crippen LogP contribution in [0, 0.1) is 17.0 Å². The van der Waals surface area contributed by atoms with E-state index in [2.05, 4.69) is 15.4 Å². The molecule has 0 aliphatic rings. The van der Waals surface area contributed by atoms with Gasteiger partial charge in [0.2, 0.25) is 4.21 Å². The van der Waals surface area contributed by atoms with Crippen LogP contribution in [0.15, 0.2) is 76.3 Å². The van der Waals surface area contributed by atoms with E-state index in [0.717, 1.165) is 5.56 Å². The van der Waals surface area contributed by atoms with E-state index in [1.807, 2.05) is 36.6 Å². The predicted molar refractivity (Wildman–Crippen MR) is 149 cm³/mol. The van der Waals surface area contributed by atoms with E-state index in [1.54, 1.807) is 0 Å². The number of nitro benzene ring substituents is 1. The average Bonchev–Trinajstić information content (AvgIpc) is 3.39. The zero-order valence-corrected chi connectivity index (χ0v) is 22.2. The highest BCUT2D eigenvalue weighted by molar-refractivity contribution is 7.91. The van der Waals surface area contributed by atoms with E-state index < -0.39 is 22.3 Å². The quantitative estimate of drug-likeness (QED) is 0.0566. The van der Waals surface area contributed by atoms with E-state index in [1.165, 1.54) is 53.8 Å². The third-order valence-electron chi connectivity index (χ3n) is 5.36. The summed E-state index contributed by atoms with van der Waals surface area (Å²) in [6, 6.07) is 16.6. The Morgan fingerprint density at radius 1 is 1.03 bits per heavy atom. The Balaban J connectivity index is 1.38. The molecule has 2 amide bonds. The molecule has 0 radical (unpaired) electrons. The number of rotatable bonds is 10. The van der Waals surface area contributed by atoms with Gasteiger partial charge in [0, 0.05) is 36.0 Å². The van der Waals surface area contributed by atoms with Crippen LogP contribution in [0.4, 0.5) is 16.2 Å². The maximum absolute atomic E-state index is 13.1. The van der Waals surface area contributed by atoms with Gasteiger partial charge in [0.05, 0.1) is 28.4 Å². The number of amides is 2. The first-order chi connectivity index (χ1) is 18.7. The minimum atomic E-state index is -1.60. The number of benzene rings is 3. The van der Waals surface area contributed by atoms with Gasteiger partial charge in [0.25, 0.3) is 5.69 Å². The lowest BCUT2D eigenvalue weighted by atomic mass is 10.1. The van der Waals surface area contributed by atoms with Crippen LogP contribution in [0.25, 0.3) is 11.1 Å². The van der Waals surface area contributed by atoms with Crippen molar-refractivity contribution in [1.29, 1.82) is 0 Å². The first-order valence-electron chi connectivity index (χ1n) is 11.5. The van der Waals surface area contributed by atoms with Gasteiger partial charge in [-0.15, -0.1) is 4.72 Å². The number of urea groups is 1. The van der Waals surface area contributed by atoms with Gasteiger partial charge in [-0.05, 0) is 48.2 Å². The van der Waals surface area contributed by atoms with Crippen LogP contribution in [-0.2, 0) is 11.4 Å². The minimum Gasteiger partial charge on any atom is -0.592 e. The Morgan fingerprint density at radius 2 is 1.85 bits per heavy atom. The first-order valence-corrected chi connectivity index (χ1v) is 13.6. The molecule has 4 aromatic rings. The van der Waals surface area contributed by atoms with Gasteiger partial charge in [-0.1, -0.05) is 29.5 Å². The lowest BCUT2D eigenvalue weighted by Crippen LogP contribution is -2.36. The van der Waals surface area contributed by atoms with E-state index in [-0.39, 0.29) is 36.0 Å². The normalized spacial score (nSPS) is 11.5. The second-order valence-electron chi connectivity index (χ2n) is 8.23. The number of nitrogens with zero attached hydrogens (tertiary/aromatic N) is 1. The lowest BCUT2D eigenvalue weighted by Gasteiger charge is -2.15. The molecule has 4 rings (SSSR count). The van der Waals surface area contributed by atoms with Crippen molar-refractivity contribution in [2.75, 3.05) is 18.4 Å². The van der Waals surface area contributed by atoms with Crippen molar-refractivity contribution in [3.8, 4) is 34.1 Å². The summed E-state index contributed by atoms with van der Waals surface area (Å²) in [7, 11) is 0. The molecule has 0 spiro atoms. The number of non-ortho nitro benzene ring substituents is 1. The topological polar surface area (TPSA) is 169 Å². The Bertz CT molecular complexity index is 1490. The molecule has 1 aromatic heterocycles. The highest BCUT2D eigenvalue weighted by Gasteiger charge is 2.22. The van der Waals surface area contributed by atoms with E-state index >= 15 is 0 Å². The number of phenols is 2. The van der Waals surface area contributed by atoms with Crippen molar-refractivity contribution in [2.24, 2.45) is 0 Å².